The molecule has 1 N–H and O–H groups in total. The minimum atomic E-state index is -0.528. The largest absolute Gasteiger partial charge is 0.465 e. The number of hydrogen-bond donors (Lipinski definition) is 1. The topological polar surface area (TPSA) is 38.3 Å². The first-order valence-electron chi connectivity index (χ1n) is 5.88. The Hall–Kier alpha value is -0.570. The van der Waals surface area contributed by atoms with Gasteiger partial charge in [-0.3, -0.25) is 4.79 Å². The maximum Gasteiger partial charge on any atom is 0.326 e. The Kier molecular flexibility index (Phi) is 6.57. The fourth-order valence-corrected chi connectivity index (χ4v) is 1.74. The molecule has 15 heavy (non-hydrogen) atoms. The fourth-order valence-electron chi connectivity index (χ4n) is 1.74. The molecule has 3 nitrogen and oxygen atoms in total. The molecule has 0 aliphatic heterocycles. The van der Waals surface area contributed by atoms with E-state index in [1.807, 2.05) is 13.8 Å². The highest BCUT2D eigenvalue weighted by Gasteiger charge is 2.34. The smallest absolute Gasteiger partial charge is 0.326 e. The molecule has 0 radical (unpaired) electrons. The van der Waals surface area contributed by atoms with Crippen LogP contribution in [0.2, 0.25) is 0 Å². The summed E-state index contributed by atoms with van der Waals surface area (Å²) in [4.78, 5) is 11.8. The van der Waals surface area contributed by atoms with Crippen LogP contribution in [0.5, 0.6) is 0 Å². The monoisotopic (exact) mass is 215 g/mol. The summed E-state index contributed by atoms with van der Waals surface area (Å²) in [5.41, 5.74) is -0.528. The van der Waals surface area contributed by atoms with Crippen LogP contribution >= 0.6 is 0 Å². The van der Waals surface area contributed by atoms with Crippen molar-refractivity contribution in [3.8, 4) is 0 Å². The van der Waals surface area contributed by atoms with Gasteiger partial charge in [-0.05, 0) is 39.2 Å². The van der Waals surface area contributed by atoms with Gasteiger partial charge in [-0.15, -0.1) is 0 Å². The van der Waals surface area contributed by atoms with Crippen LogP contribution in [0, 0.1) is 5.92 Å². The van der Waals surface area contributed by atoms with Crippen LogP contribution in [-0.2, 0) is 9.53 Å². The number of nitrogens with one attached hydrogen (secondary N) is 1. The van der Waals surface area contributed by atoms with E-state index in [0.29, 0.717) is 12.5 Å². The van der Waals surface area contributed by atoms with Gasteiger partial charge in [-0.2, -0.15) is 0 Å². The Bertz CT molecular complexity index is 192. The van der Waals surface area contributed by atoms with Crippen LogP contribution in [0.3, 0.4) is 0 Å². The zero-order chi connectivity index (χ0) is 11.9. The van der Waals surface area contributed by atoms with E-state index in [2.05, 4.69) is 26.1 Å². The maximum absolute atomic E-state index is 11.8. The third-order valence-electron chi connectivity index (χ3n) is 2.31. The van der Waals surface area contributed by atoms with Crippen molar-refractivity contribution in [1.29, 1.82) is 0 Å². The molecule has 0 aliphatic carbocycles. The van der Waals surface area contributed by atoms with Gasteiger partial charge in [0.05, 0.1) is 6.61 Å². The first-order chi connectivity index (χ1) is 6.96. The molecule has 0 saturated carbocycles. The molecule has 0 saturated heterocycles. The summed E-state index contributed by atoms with van der Waals surface area (Å²) in [6, 6.07) is 0. The van der Waals surface area contributed by atoms with Crippen molar-refractivity contribution >= 4 is 5.97 Å². The number of rotatable bonds is 7. The summed E-state index contributed by atoms with van der Waals surface area (Å²) in [6.45, 7) is 11.4. The Morgan fingerprint density at radius 2 is 2.00 bits per heavy atom. The molecule has 1 atom stereocenters. The van der Waals surface area contributed by atoms with E-state index in [1.165, 1.54) is 0 Å². The second kappa shape index (κ2) is 6.83. The molecule has 0 rings (SSSR count). The second-order valence-electron chi connectivity index (χ2n) is 4.58. The molecule has 0 heterocycles. The molecule has 0 amide bonds. The third kappa shape index (κ3) is 5.17. The minimum absolute atomic E-state index is 0.132. The average Bonchev–Trinajstić information content (AvgIpc) is 2.14. The summed E-state index contributed by atoms with van der Waals surface area (Å²) >= 11 is 0. The molecule has 0 aromatic carbocycles. The van der Waals surface area contributed by atoms with Gasteiger partial charge >= 0.3 is 5.97 Å². The first kappa shape index (κ1) is 14.4. The Balaban J connectivity index is 4.45. The van der Waals surface area contributed by atoms with Gasteiger partial charge < -0.3 is 10.1 Å². The first-order valence-corrected chi connectivity index (χ1v) is 5.88. The van der Waals surface area contributed by atoms with Gasteiger partial charge in [0.1, 0.15) is 5.54 Å². The number of ether oxygens (including phenoxy) is 1. The lowest BCUT2D eigenvalue weighted by atomic mass is 9.90. The zero-order valence-electron chi connectivity index (χ0n) is 10.7. The molecule has 0 fully saturated rings. The van der Waals surface area contributed by atoms with Crippen LogP contribution < -0.4 is 5.32 Å². The second-order valence-corrected chi connectivity index (χ2v) is 4.58. The SMILES string of the molecule is CCCNC(C)(CC(C)C)C(=O)OCC. The average molecular weight is 215 g/mol. The van der Waals surface area contributed by atoms with Gasteiger partial charge in [0.15, 0.2) is 0 Å². The lowest BCUT2D eigenvalue weighted by Crippen LogP contribution is -2.51. The molecule has 0 spiro atoms. The highest BCUT2D eigenvalue weighted by Crippen LogP contribution is 2.18. The normalized spacial score (nSPS) is 15.1. The van der Waals surface area contributed by atoms with Crippen molar-refractivity contribution in [1.82, 2.24) is 5.32 Å². The molecule has 0 aliphatic rings. The van der Waals surface area contributed by atoms with E-state index in [-0.39, 0.29) is 5.97 Å². The van der Waals surface area contributed by atoms with Gasteiger partial charge in [0, 0.05) is 0 Å². The van der Waals surface area contributed by atoms with E-state index >= 15 is 0 Å². The maximum atomic E-state index is 11.8. The number of carbonyl (C=O) groups is 1. The predicted octanol–water partition coefficient (Wildman–Crippen LogP) is 2.35. The fraction of sp³-hybridized carbons (Fsp3) is 0.917. The van der Waals surface area contributed by atoms with E-state index in [4.69, 9.17) is 4.74 Å². The Morgan fingerprint density at radius 3 is 2.40 bits per heavy atom. The van der Waals surface area contributed by atoms with Crippen LogP contribution in [0.15, 0.2) is 0 Å². The van der Waals surface area contributed by atoms with Crippen LogP contribution in [0.4, 0.5) is 0 Å². The minimum Gasteiger partial charge on any atom is -0.465 e. The third-order valence-corrected chi connectivity index (χ3v) is 2.31. The van der Waals surface area contributed by atoms with Crippen molar-refractivity contribution in [3.63, 3.8) is 0 Å². The van der Waals surface area contributed by atoms with Crippen molar-refractivity contribution in [2.24, 2.45) is 5.92 Å². The summed E-state index contributed by atoms with van der Waals surface area (Å²) in [6.07, 6.45) is 1.83. The standard InChI is InChI=1S/C12H25NO2/c1-6-8-13-12(5,9-10(3)4)11(14)15-7-2/h10,13H,6-9H2,1-5H3. The molecule has 90 valence electrons. The van der Waals surface area contributed by atoms with Crippen LogP contribution in [0.1, 0.15) is 47.5 Å². The highest BCUT2D eigenvalue weighted by atomic mass is 16.5. The number of carbonyl (C=O) groups excluding carboxylic acids is 1. The summed E-state index contributed by atoms with van der Waals surface area (Å²) in [7, 11) is 0. The molecule has 0 aromatic heterocycles. The van der Waals surface area contributed by atoms with Gasteiger partial charge in [0.2, 0.25) is 0 Å². The number of hydrogen-bond acceptors (Lipinski definition) is 3. The van der Waals surface area contributed by atoms with Gasteiger partial charge in [0.25, 0.3) is 0 Å². The van der Waals surface area contributed by atoms with Crippen molar-refractivity contribution < 1.29 is 9.53 Å². The summed E-state index contributed by atoms with van der Waals surface area (Å²) in [5, 5.41) is 3.29. The van der Waals surface area contributed by atoms with Crippen molar-refractivity contribution in [3.05, 3.63) is 0 Å². The van der Waals surface area contributed by atoms with Crippen molar-refractivity contribution in [2.75, 3.05) is 13.2 Å². The lowest BCUT2D eigenvalue weighted by Gasteiger charge is -2.30. The number of esters is 1. The summed E-state index contributed by atoms with van der Waals surface area (Å²) < 4.78 is 5.10. The van der Waals surface area contributed by atoms with Crippen molar-refractivity contribution in [2.45, 2.75) is 53.0 Å². The van der Waals surface area contributed by atoms with Crippen LogP contribution in [0.25, 0.3) is 0 Å². The Morgan fingerprint density at radius 1 is 1.40 bits per heavy atom. The van der Waals surface area contributed by atoms with E-state index < -0.39 is 5.54 Å². The predicted molar refractivity (Wildman–Crippen MR) is 62.8 cm³/mol. The van der Waals surface area contributed by atoms with Gasteiger partial charge in [-0.25, -0.2) is 0 Å². The molecular formula is C12H25NO2. The molecule has 0 aromatic rings. The van der Waals surface area contributed by atoms with Gasteiger partial charge in [-0.1, -0.05) is 20.8 Å². The Labute approximate surface area is 93.6 Å². The van der Waals surface area contributed by atoms with E-state index in [9.17, 15) is 4.79 Å². The molecule has 3 heteroatoms. The van der Waals surface area contributed by atoms with Crippen LogP contribution in [-0.4, -0.2) is 24.7 Å². The molecule has 0 bridgehead atoms. The van der Waals surface area contributed by atoms with E-state index in [0.717, 1.165) is 19.4 Å². The highest BCUT2D eigenvalue weighted by molar-refractivity contribution is 5.80. The van der Waals surface area contributed by atoms with E-state index in [1.54, 1.807) is 0 Å². The lowest BCUT2D eigenvalue weighted by molar-refractivity contribution is -0.151. The quantitative estimate of drug-likeness (QED) is 0.662. The molecular weight excluding hydrogens is 190 g/mol. The zero-order valence-corrected chi connectivity index (χ0v) is 10.7. The summed E-state index contributed by atoms with van der Waals surface area (Å²) in [5.74, 6) is 0.343. The molecule has 1 unspecified atom stereocenters.